The minimum absolute atomic E-state index is 0.362. The Balaban J connectivity index is 1.67. The number of hydrogen-bond donors (Lipinski definition) is 0. The van der Waals surface area contributed by atoms with Gasteiger partial charge in [-0.25, -0.2) is 4.98 Å². The molecule has 0 amide bonds. The van der Waals surface area contributed by atoms with Crippen molar-refractivity contribution in [2.45, 2.75) is 32.9 Å². The zero-order valence-electron chi connectivity index (χ0n) is 15.6. The van der Waals surface area contributed by atoms with Gasteiger partial charge in [-0.3, -0.25) is 0 Å². The molecule has 0 saturated heterocycles. The number of aromatic nitrogens is 2. The van der Waals surface area contributed by atoms with Gasteiger partial charge < -0.3 is 9.80 Å². The van der Waals surface area contributed by atoms with Crippen molar-refractivity contribution in [3.63, 3.8) is 0 Å². The fourth-order valence-electron chi connectivity index (χ4n) is 3.65. The maximum absolute atomic E-state index is 4.90. The van der Waals surface area contributed by atoms with Gasteiger partial charge in [-0.2, -0.15) is 4.98 Å². The average Bonchev–Trinajstić information content (AvgIpc) is 2.97. The molecule has 0 N–H and O–H groups in total. The summed E-state index contributed by atoms with van der Waals surface area (Å²) in [6, 6.07) is 21.4. The summed E-state index contributed by atoms with van der Waals surface area (Å²) >= 11 is 0. The van der Waals surface area contributed by atoms with Crippen LogP contribution in [0.25, 0.3) is 0 Å². The predicted molar refractivity (Wildman–Crippen MR) is 107 cm³/mol. The van der Waals surface area contributed by atoms with Gasteiger partial charge in [-0.15, -0.1) is 0 Å². The van der Waals surface area contributed by atoms with Gasteiger partial charge in [0.15, 0.2) is 0 Å². The van der Waals surface area contributed by atoms with Crippen LogP contribution in [0.3, 0.4) is 0 Å². The van der Waals surface area contributed by atoms with Crippen molar-refractivity contribution >= 4 is 17.5 Å². The van der Waals surface area contributed by atoms with Crippen LogP contribution in [0.5, 0.6) is 0 Å². The van der Waals surface area contributed by atoms with Crippen molar-refractivity contribution in [1.29, 1.82) is 0 Å². The zero-order chi connectivity index (χ0) is 18.1. The van der Waals surface area contributed by atoms with E-state index in [2.05, 4.69) is 78.4 Å². The van der Waals surface area contributed by atoms with E-state index < -0.39 is 0 Å². The van der Waals surface area contributed by atoms with Gasteiger partial charge >= 0.3 is 0 Å². The summed E-state index contributed by atoms with van der Waals surface area (Å²) in [4.78, 5) is 14.1. The Kier molecular flexibility index (Phi) is 4.33. The fourth-order valence-corrected chi connectivity index (χ4v) is 3.65. The Hall–Kier alpha value is -2.88. The molecule has 26 heavy (non-hydrogen) atoms. The predicted octanol–water partition coefficient (Wildman–Crippen LogP) is 4.50. The van der Waals surface area contributed by atoms with E-state index in [0.29, 0.717) is 6.04 Å². The highest BCUT2D eigenvalue weighted by Crippen LogP contribution is 2.37. The molecule has 0 aliphatic carbocycles. The van der Waals surface area contributed by atoms with E-state index in [1.807, 2.05) is 13.0 Å². The lowest BCUT2D eigenvalue weighted by atomic mass is 10.1. The van der Waals surface area contributed by atoms with Crippen molar-refractivity contribution < 1.29 is 0 Å². The molecule has 0 bridgehead atoms. The Morgan fingerprint density at radius 3 is 2.58 bits per heavy atom. The Bertz CT molecular complexity index is 907. The fraction of sp³-hybridized carbons (Fsp3) is 0.273. The molecular formula is C22H24N4. The Morgan fingerprint density at radius 1 is 1.04 bits per heavy atom. The van der Waals surface area contributed by atoms with E-state index >= 15 is 0 Å². The second-order valence-corrected chi connectivity index (χ2v) is 7.06. The molecule has 1 unspecified atom stereocenters. The molecular weight excluding hydrogens is 320 g/mol. The highest BCUT2D eigenvalue weighted by Gasteiger charge is 2.29. The van der Waals surface area contributed by atoms with E-state index in [1.165, 1.54) is 16.8 Å². The number of fused-ring (bicyclic) bond motifs is 1. The van der Waals surface area contributed by atoms with Crippen LogP contribution >= 0.6 is 0 Å². The number of rotatable bonds is 4. The first-order valence-electron chi connectivity index (χ1n) is 9.09. The summed E-state index contributed by atoms with van der Waals surface area (Å²) in [5.41, 5.74) is 4.85. The van der Waals surface area contributed by atoms with Crippen LogP contribution in [-0.4, -0.2) is 23.1 Å². The van der Waals surface area contributed by atoms with Crippen molar-refractivity contribution in [3.05, 3.63) is 77.5 Å². The molecule has 1 aliphatic heterocycles. The third-order valence-corrected chi connectivity index (χ3v) is 4.91. The van der Waals surface area contributed by atoms with Crippen molar-refractivity contribution in [2.24, 2.45) is 0 Å². The third-order valence-electron chi connectivity index (χ3n) is 4.91. The molecule has 4 rings (SSSR count). The molecule has 4 heteroatoms. The Morgan fingerprint density at radius 2 is 1.77 bits per heavy atom. The third kappa shape index (κ3) is 3.15. The molecule has 0 radical (unpaired) electrons. The summed E-state index contributed by atoms with van der Waals surface area (Å²) in [5, 5.41) is 0. The van der Waals surface area contributed by atoms with Gasteiger partial charge in [0.1, 0.15) is 5.82 Å². The van der Waals surface area contributed by atoms with E-state index in [0.717, 1.165) is 30.4 Å². The number of para-hydroxylation sites is 1. The molecule has 2 aromatic carbocycles. The highest BCUT2D eigenvalue weighted by molar-refractivity contribution is 5.67. The molecule has 0 saturated carbocycles. The number of aryl methyl sites for hydroxylation is 1. The van der Waals surface area contributed by atoms with Crippen LogP contribution in [0, 0.1) is 6.92 Å². The Labute approximate surface area is 155 Å². The maximum atomic E-state index is 4.90. The minimum Gasteiger partial charge on any atom is -0.355 e. The highest BCUT2D eigenvalue weighted by atomic mass is 15.3. The van der Waals surface area contributed by atoms with Gasteiger partial charge in [0, 0.05) is 37.1 Å². The smallest absolute Gasteiger partial charge is 0.232 e. The molecule has 4 nitrogen and oxygen atoms in total. The lowest BCUT2D eigenvalue weighted by Gasteiger charge is -2.25. The maximum Gasteiger partial charge on any atom is 0.232 e. The second-order valence-electron chi connectivity index (χ2n) is 7.06. The monoisotopic (exact) mass is 344 g/mol. The van der Waals surface area contributed by atoms with E-state index in [9.17, 15) is 0 Å². The topological polar surface area (TPSA) is 32.3 Å². The van der Waals surface area contributed by atoms with Crippen molar-refractivity contribution in [3.8, 4) is 0 Å². The molecule has 3 aromatic rings. The first-order chi connectivity index (χ1) is 12.6. The number of benzene rings is 2. The quantitative estimate of drug-likeness (QED) is 0.697. The molecule has 132 valence electrons. The van der Waals surface area contributed by atoms with Gasteiger partial charge in [0.2, 0.25) is 5.95 Å². The molecule has 1 aliphatic rings. The van der Waals surface area contributed by atoms with E-state index in [1.54, 1.807) is 0 Å². The average molecular weight is 344 g/mol. The summed E-state index contributed by atoms with van der Waals surface area (Å²) in [5.74, 6) is 1.74. The molecule has 0 fully saturated rings. The molecule has 1 aromatic heterocycles. The van der Waals surface area contributed by atoms with Gasteiger partial charge in [-0.05, 0) is 37.5 Å². The lowest BCUT2D eigenvalue weighted by Crippen LogP contribution is -2.27. The van der Waals surface area contributed by atoms with E-state index in [4.69, 9.17) is 9.97 Å². The second kappa shape index (κ2) is 6.79. The van der Waals surface area contributed by atoms with Crippen LogP contribution in [0.2, 0.25) is 0 Å². The normalized spacial score (nSPS) is 15.8. The van der Waals surface area contributed by atoms with Gasteiger partial charge in [0.25, 0.3) is 0 Å². The summed E-state index contributed by atoms with van der Waals surface area (Å²) in [6.07, 6.45) is 1.03. The number of nitrogens with zero attached hydrogens (tertiary/aromatic N) is 4. The summed E-state index contributed by atoms with van der Waals surface area (Å²) in [7, 11) is 2.08. The van der Waals surface area contributed by atoms with Crippen molar-refractivity contribution in [1.82, 2.24) is 9.97 Å². The molecule has 0 spiro atoms. The van der Waals surface area contributed by atoms with Crippen LogP contribution in [0.15, 0.2) is 60.7 Å². The van der Waals surface area contributed by atoms with Crippen LogP contribution in [0.4, 0.5) is 17.5 Å². The van der Waals surface area contributed by atoms with Gasteiger partial charge in [-0.1, -0.05) is 48.5 Å². The van der Waals surface area contributed by atoms with Crippen molar-refractivity contribution in [2.75, 3.05) is 16.8 Å². The van der Waals surface area contributed by atoms with E-state index in [-0.39, 0.29) is 0 Å². The summed E-state index contributed by atoms with van der Waals surface area (Å²) in [6.45, 7) is 5.10. The largest absolute Gasteiger partial charge is 0.355 e. The first-order valence-corrected chi connectivity index (χ1v) is 9.09. The lowest BCUT2D eigenvalue weighted by molar-refractivity contribution is 0.735. The first kappa shape index (κ1) is 16.6. The van der Waals surface area contributed by atoms with Crippen LogP contribution in [-0.2, 0) is 13.0 Å². The minimum atomic E-state index is 0.362. The number of hydrogen-bond acceptors (Lipinski definition) is 4. The zero-order valence-corrected chi connectivity index (χ0v) is 15.6. The number of anilines is 3. The van der Waals surface area contributed by atoms with Gasteiger partial charge in [0.05, 0.1) is 0 Å². The summed E-state index contributed by atoms with van der Waals surface area (Å²) < 4.78 is 0. The molecule has 1 atom stereocenters. The van der Waals surface area contributed by atoms with Crippen LogP contribution < -0.4 is 9.80 Å². The SMILES string of the molecule is Cc1cc(N(C)Cc2ccccc2)nc(N2c3ccccc3CC2C)n1. The molecule has 2 heterocycles. The van der Waals surface area contributed by atoms with Crippen LogP contribution in [0.1, 0.15) is 23.7 Å². The standard InChI is InChI=1S/C22H24N4/c1-16-13-21(25(3)15-18-9-5-4-6-10-18)24-22(23-16)26-17(2)14-19-11-7-8-12-20(19)26/h4-13,17H,14-15H2,1-3H3.